The first-order valence-electron chi connectivity index (χ1n) is 12.4. The number of esters is 1. The molecule has 0 bridgehead atoms. The van der Waals surface area contributed by atoms with E-state index in [0.717, 1.165) is 11.1 Å². The fraction of sp³-hybridized carbons (Fsp3) is 0.267. The molecule has 0 aliphatic carbocycles. The first-order valence-corrected chi connectivity index (χ1v) is 12.4. The van der Waals surface area contributed by atoms with Gasteiger partial charge in [-0.15, -0.1) is 0 Å². The topological polar surface area (TPSA) is 117 Å². The molecule has 8 heteroatoms. The Morgan fingerprint density at radius 2 is 1.71 bits per heavy atom. The van der Waals surface area contributed by atoms with Crippen LogP contribution in [0.1, 0.15) is 60.2 Å². The van der Waals surface area contributed by atoms with Crippen molar-refractivity contribution in [1.82, 2.24) is 5.32 Å². The van der Waals surface area contributed by atoms with Crippen molar-refractivity contribution in [1.29, 1.82) is 0 Å². The molecule has 0 saturated carbocycles. The highest BCUT2D eigenvalue weighted by Crippen LogP contribution is 2.37. The monoisotopic (exact) mass is 513 g/mol. The Hall–Kier alpha value is -4.30. The highest BCUT2D eigenvalue weighted by atomic mass is 16.6. The summed E-state index contributed by atoms with van der Waals surface area (Å²) >= 11 is 0. The van der Waals surface area contributed by atoms with E-state index in [-0.39, 0.29) is 17.4 Å². The summed E-state index contributed by atoms with van der Waals surface area (Å²) < 4.78 is 5.32. The average molecular weight is 514 g/mol. The molecule has 196 valence electrons. The van der Waals surface area contributed by atoms with Gasteiger partial charge in [-0.2, -0.15) is 0 Å². The molecule has 3 aromatic rings. The number of nitrogens with one attached hydrogen (secondary N) is 2. The van der Waals surface area contributed by atoms with Gasteiger partial charge in [0.25, 0.3) is 0 Å². The minimum atomic E-state index is -1.05. The maximum Gasteiger partial charge on any atom is 0.335 e. The van der Waals surface area contributed by atoms with E-state index in [1.807, 2.05) is 75.4 Å². The van der Waals surface area contributed by atoms with Crippen molar-refractivity contribution in [2.45, 2.75) is 45.3 Å². The molecule has 1 aliphatic rings. The number of fused-ring (bicyclic) bond motifs is 1. The zero-order chi connectivity index (χ0) is 27.3. The molecule has 8 nitrogen and oxygen atoms in total. The van der Waals surface area contributed by atoms with Crippen LogP contribution in [0.5, 0.6) is 0 Å². The Morgan fingerprint density at radius 3 is 2.37 bits per heavy atom. The summed E-state index contributed by atoms with van der Waals surface area (Å²) in [7, 11) is 0. The number of rotatable bonds is 9. The third kappa shape index (κ3) is 6.72. The van der Waals surface area contributed by atoms with Gasteiger partial charge in [0.15, 0.2) is 0 Å². The van der Waals surface area contributed by atoms with E-state index >= 15 is 0 Å². The van der Waals surface area contributed by atoms with E-state index in [9.17, 15) is 19.5 Å². The standard InChI is InChI=1S/C30H31N3O5/c1-30(2,3)38-25(34)15-16-31-18-19-9-12-22(13-10-19)32-27(20-7-5-4-6-8-20)26-23-14-11-21(29(36)37)17-24(23)33-28(26)35/h4-14,17,26,31H,15-16,18H2,1-3H3,(H,33,35)(H,36,37). The molecule has 4 rings (SSSR count). The van der Waals surface area contributed by atoms with E-state index in [4.69, 9.17) is 9.73 Å². The predicted molar refractivity (Wildman–Crippen MR) is 146 cm³/mol. The van der Waals surface area contributed by atoms with Gasteiger partial charge in [-0.05, 0) is 61.7 Å². The maximum atomic E-state index is 13.1. The summed E-state index contributed by atoms with van der Waals surface area (Å²) in [6.07, 6.45) is 0.291. The van der Waals surface area contributed by atoms with E-state index in [2.05, 4.69) is 10.6 Å². The smallest absolute Gasteiger partial charge is 0.335 e. The van der Waals surface area contributed by atoms with Crippen molar-refractivity contribution in [3.05, 3.63) is 95.1 Å². The zero-order valence-electron chi connectivity index (χ0n) is 21.7. The molecule has 3 N–H and O–H groups in total. The van der Waals surface area contributed by atoms with Crippen LogP contribution >= 0.6 is 0 Å². The molecule has 0 saturated heterocycles. The van der Waals surface area contributed by atoms with Crippen LogP contribution < -0.4 is 10.6 Å². The van der Waals surface area contributed by atoms with Gasteiger partial charge in [0, 0.05) is 18.8 Å². The Bertz CT molecular complexity index is 1360. The second-order valence-corrected chi connectivity index (χ2v) is 10.1. The third-order valence-electron chi connectivity index (χ3n) is 5.92. The number of benzene rings is 3. The van der Waals surface area contributed by atoms with Crippen LogP contribution in [0.15, 0.2) is 77.8 Å². The average Bonchev–Trinajstić information content (AvgIpc) is 3.20. The van der Waals surface area contributed by atoms with Crippen molar-refractivity contribution < 1.29 is 24.2 Å². The molecular weight excluding hydrogens is 482 g/mol. The van der Waals surface area contributed by atoms with Crippen molar-refractivity contribution in [3.8, 4) is 0 Å². The molecule has 1 atom stereocenters. The minimum Gasteiger partial charge on any atom is -0.478 e. The second-order valence-electron chi connectivity index (χ2n) is 10.1. The fourth-order valence-corrected chi connectivity index (χ4v) is 4.21. The highest BCUT2D eigenvalue weighted by Gasteiger charge is 2.35. The van der Waals surface area contributed by atoms with Crippen molar-refractivity contribution in [2.75, 3.05) is 11.9 Å². The number of hydrogen-bond donors (Lipinski definition) is 3. The molecule has 1 amide bonds. The normalized spacial score (nSPS) is 15.1. The Kier molecular flexibility index (Phi) is 8.02. The van der Waals surface area contributed by atoms with Crippen LogP contribution in [0.3, 0.4) is 0 Å². The number of aliphatic imine (C=N–C) groups is 1. The molecule has 1 heterocycles. The van der Waals surface area contributed by atoms with E-state index in [0.29, 0.717) is 42.2 Å². The van der Waals surface area contributed by atoms with Gasteiger partial charge in [-0.25, -0.2) is 4.79 Å². The molecule has 0 fully saturated rings. The quantitative estimate of drug-likeness (QED) is 0.209. The van der Waals surface area contributed by atoms with Gasteiger partial charge in [-0.1, -0.05) is 48.5 Å². The number of hydrogen-bond acceptors (Lipinski definition) is 6. The number of amides is 1. The number of carbonyl (C=O) groups excluding carboxylic acids is 2. The number of ether oxygens (including phenoxy) is 1. The van der Waals surface area contributed by atoms with Crippen LogP contribution in [-0.2, 0) is 20.9 Å². The summed E-state index contributed by atoms with van der Waals surface area (Å²) in [6.45, 7) is 6.63. The lowest BCUT2D eigenvalue weighted by Crippen LogP contribution is -2.26. The van der Waals surface area contributed by atoms with Crippen molar-refractivity contribution in [2.24, 2.45) is 4.99 Å². The first-order chi connectivity index (χ1) is 18.1. The van der Waals surface area contributed by atoms with E-state index in [1.54, 1.807) is 6.07 Å². The number of nitrogens with zero attached hydrogens (tertiary/aromatic N) is 1. The van der Waals surface area contributed by atoms with Crippen molar-refractivity contribution >= 4 is 34.9 Å². The van der Waals surface area contributed by atoms with Gasteiger partial charge >= 0.3 is 11.9 Å². The van der Waals surface area contributed by atoms with Crippen LogP contribution in [0, 0.1) is 0 Å². The van der Waals surface area contributed by atoms with Crippen molar-refractivity contribution in [3.63, 3.8) is 0 Å². The summed E-state index contributed by atoms with van der Waals surface area (Å²) in [5.74, 6) is -2.22. The molecule has 0 spiro atoms. The summed E-state index contributed by atoms with van der Waals surface area (Å²) in [5.41, 5.74) is 3.88. The molecule has 3 aromatic carbocycles. The lowest BCUT2D eigenvalue weighted by atomic mass is 9.90. The van der Waals surface area contributed by atoms with E-state index < -0.39 is 17.5 Å². The zero-order valence-corrected chi connectivity index (χ0v) is 21.7. The highest BCUT2D eigenvalue weighted by molar-refractivity contribution is 6.24. The molecular formula is C30H31N3O5. The van der Waals surface area contributed by atoms with Gasteiger partial charge < -0.3 is 20.5 Å². The fourth-order valence-electron chi connectivity index (χ4n) is 4.21. The Balaban J connectivity index is 1.51. The second kappa shape index (κ2) is 11.4. The lowest BCUT2D eigenvalue weighted by Gasteiger charge is -2.19. The summed E-state index contributed by atoms with van der Waals surface area (Å²) in [4.78, 5) is 41.2. The maximum absolute atomic E-state index is 13.1. The van der Waals surface area contributed by atoms with Gasteiger partial charge in [-0.3, -0.25) is 14.6 Å². The van der Waals surface area contributed by atoms with Gasteiger partial charge in [0.2, 0.25) is 5.91 Å². The Labute approximate surface area is 221 Å². The van der Waals surface area contributed by atoms with Gasteiger partial charge in [0.1, 0.15) is 11.5 Å². The SMILES string of the molecule is CC(C)(C)OC(=O)CCNCc1ccc(N=C(c2ccccc2)C2C(=O)Nc3cc(C(=O)O)ccc32)cc1. The van der Waals surface area contributed by atoms with Crippen LogP contribution in [0.2, 0.25) is 0 Å². The van der Waals surface area contributed by atoms with E-state index in [1.165, 1.54) is 12.1 Å². The number of aromatic carboxylic acids is 1. The minimum absolute atomic E-state index is 0.109. The molecule has 0 aromatic heterocycles. The summed E-state index contributed by atoms with van der Waals surface area (Å²) in [5, 5.41) is 15.4. The van der Waals surface area contributed by atoms with Crippen LogP contribution in [0.25, 0.3) is 0 Å². The first kappa shape index (κ1) is 26.8. The van der Waals surface area contributed by atoms with Gasteiger partial charge in [0.05, 0.1) is 23.4 Å². The largest absolute Gasteiger partial charge is 0.478 e. The number of carboxylic acid groups (broad SMARTS) is 1. The van der Waals surface area contributed by atoms with Crippen LogP contribution in [0.4, 0.5) is 11.4 Å². The number of carboxylic acids is 1. The molecule has 0 radical (unpaired) electrons. The lowest BCUT2D eigenvalue weighted by molar-refractivity contribution is -0.154. The molecule has 1 aliphatic heterocycles. The summed E-state index contributed by atoms with van der Waals surface area (Å²) in [6, 6.07) is 21.8. The third-order valence-corrected chi connectivity index (χ3v) is 5.92. The predicted octanol–water partition coefficient (Wildman–Crippen LogP) is 5.06. The molecule has 1 unspecified atom stereocenters. The number of carbonyl (C=O) groups is 3. The number of anilines is 1. The molecule has 38 heavy (non-hydrogen) atoms. The van der Waals surface area contributed by atoms with Crippen LogP contribution in [-0.4, -0.2) is 40.8 Å². The Morgan fingerprint density at radius 1 is 1.00 bits per heavy atom.